The zero-order valence-corrected chi connectivity index (χ0v) is 10.5. The molecule has 6 nitrogen and oxygen atoms in total. The summed E-state index contributed by atoms with van der Waals surface area (Å²) in [5.41, 5.74) is 6.77. The van der Waals surface area contributed by atoms with E-state index in [9.17, 15) is 4.79 Å². The Kier molecular flexibility index (Phi) is 4.96. The van der Waals surface area contributed by atoms with Gasteiger partial charge in [-0.15, -0.1) is 0 Å². The molecule has 6 heteroatoms. The van der Waals surface area contributed by atoms with Crippen LogP contribution in [0.4, 0.5) is 5.82 Å². The summed E-state index contributed by atoms with van der Waals surface area (Å²) < 4.78 is 11.3. The molecular weight excluding hydrogens is 222 g/mol. The average Bonchev–Trinajstić information content (AvgIpc) is 2.64. The normalized spacial score (nSPS) is 10.5. The lowest BCUT2D eigenvalue weighted by Gasteiger charge is -2.03. The fourth-order valence-electron chi connectivity index (χ4n) is 1.54. The SMILES string of the molecule is CCCCn1nc(C(=O)OC)c(COC)c1N. The number of aryl methyl sites for hydroxylation is 1. The number of esters is 1. The van der Waals surface area contributed by atoms with Crippen molar-refractivity contribution in [3.05, 3.63) is 11.3 Å². The molecule has 0 amide bonds. The molecule has 0 saturated carbocycles. The van der Waals surface area contributed by atoms with Crippen molar-refractivity contribution in [3.8, 4) is 0 Å². The van der Waals surface area contributed by atoms with Gasteiger partial charge in [-0.3, -0.25) is 0 Å². The Hall–Kier alpha value is -1.56. The van der Waals surface area contributed by atoms with E-state index in [1.165, 1.54) is 7.11 Å². The number of nitrogen functional groups attached to an aromatic ring is 1. The molecule has 96 valence electrons. The van der Waals surface area contributed by atoms with Crippen LogP contribution in [0.3, 0.4) is 0 Å². The highest BCUT2D eigenvalue weighted by molar-refractivity contribution is 5.90. The summed E-state index contributed by atoms with van der Waals surface area (Å²) in [4.78, 5) is 11.5. The van der Waals surface area contributed by atoms with Gasteiger partial charge in [0, 0.05) is 13.7 Å². The minimum Gasteiger partial charge on any atom is -0.464 e. The predicted octanol–water partition coefficient (Wildman–Crippen LogP) is 1.20. The van der Waals surface area contributed by atoms with Gasteiger partial charge >= 0.3 is 5.97 Å². The standard InChI is InChI=1S/C11H19N3O3/c1-4-5-6-14-10(12)8(7-16-2)9(13-14)11(15)17-3/h4-7,12H2,1-3H3. The minimum absolute atomic E-state index is 0.239. The van der Waals surface area contributed by atoms with Gasteiger partial charge in [0.05, 0.1) is 19.3 Å². The van der Waals surface area contributed by atoms with Gasteiger partial charge in [-0.05, 0) is 6.42 Å². The lowest BCUT2D eigenvalue weighted by atomic mass is 10.2. The molecule has 1 aromatic rings. The number of nitrogens with zero attached hydrogens (tertiary/aromatic N) is 2. The van der Waals surface area contributed by atoms with Crippen molar-refractivity contribution in [1.29, 1.82) is 0 Å². The van der Waals surface area contributed by atoms with Crippen molar-refractivity contribution in [2.24, 2.45) is 0 Å². The van der Waals surface area contributed by atoms with Crippen LogP contribution in [0.2, 0.25) is 0 Å². The van der Waals surface area contributed by atoms with Crippen molar-refractivity contribution in [2.45, 2.75) is 32.9 Å². The molecule has 0 fully saturated rings. The number of hydrogen-bond donors (Lipinski definition) is 1. The fourth-order valence-corrected chi connectivity index (χ4v) is 1.54. The molecule has 0 bridgehead atoms. The van der Waals surface area contributed by atoms with Crippen molar-refractivity contribution in [3.63, 3.8) is 0 Å². The summed E-state index contributed by atoms with van der Waals surface area (Å²) in [5, 5.41) is 4.17. The van der Waals surface area contributed by atoms with Crippen LogP contribution < -0.4 is 5.73 Å². The van der Waals surface area contributed by atoms with Crippen LogP contribution in [-0.4, -0.2) is 30.0 Å². The first kappa shape index (κ1) is 13.5. The van der Waals surface area contributed by atoms with E-state index in [0.29, 0.717) is 17.9 Å². The van der Waals surface area contributed by atoms with E-state index in [-0.39, 0.29) is 12.3 Å². The molecule has 0 unspecified atom stereocenters. The molecule has 17 heavy (non-hydrogen) atoms. The average molecular weight is 241 g/mol. The lowest BCUT2D eigenvalue weighted by molar-refractivity contribution is 0.0588. The second kappa shape index (κ2) is 6.24. The maximum Gasteiger partial charge on any atom is 0.359 e. The van der Waals surface area contributed by atoms with Crippen LogP contribution in [0.15, 0.2) is 0 Å². The molecule has 1 heterocycles. The van der Waals surface area contributed by atoms with Crippen LogP contribution in [0, 0.1) is 0 Å². The quantitative estimate of drug-likeness (QED) is 0.757. The Morgan fingerprint density at radius 2 is 2.18 bits per heavy atom. The molecule has 1 aromatic heterocycles. The molecule has 0 aromatic carbocycles. The van der Waals surface area contributed by atoms with Crippen LogP contribution in [-0.2, 0) is 22.6 Å². The Morgan fingerprint density at radius 1 is 1.47 bits per heavy atom. The third-order valence-corrected chi connectivity index (χ3v) is 2.48. The van der Waals surface area contributed by atoms with Crippen molar-refractivity contribution >= 4 is 11.8 Å². The topological polar surface area (TPSA) is 79.4 Å². The number of ether oxygens (including phenoxy) is 2. The fraction of sp³-hybridized carbons (Fsp3) is 0.636. The van der Waals surface area contributed by atoms with Gasteiger partial charge < -0.3 is 15.2 Å². The van der Waals surface area contributed by atoms with E-state index in [1.807, 2.05) is 0 Å². The second-order valence-electron chi connectivity index (χ2n) is 3.71. The summed E-state index contributed by atoms with van der Waals surface area (Å²) in [6.07, 6.45) is 1.99. The number of nitrogens with two attached hydrogens (primary N) is 1. The summed E-state index contributed by atoms with van der Waals surface area (Å²) in [7, 11) is 2.87. The summed E-state index contributed by atoms with van der Waals surface area (Å²) in [6, 6.07) is 0. The van der Waals surface area contributed by atoms with Gasteiger partial charge in [0.1, 0.15) is 5.82 Å². The summed E-state index contributed by atoms with van der Waals surface area (Å²) in [5.74, 6) is -0.0142. The van der Waals surface area contributed by atoms with Crippen LogP contribution in [0.1, 0.15) is 35.8 Å². The largest absolute Gasteiger partial charge is 0.464 e. The molecule has 0 aliphatic heterocycles. The Balaban J connectivity index is 3.05. The first-order valence-electron chi connectivity index (χ1n) is 5.58. The number of unbranched alkanes of at least 4 members (excludes halogenated alkanes) is 1. The molecule has 0 atom stereocenters. The molecule has 0 spiro atoms. The highest BCUT2D eigenvalue weighted by atomic mass is 16.5. The predicted molar refractivity (Wildman–Crippen MR) is 63.6 cm³/mol. The van der Waals surface area contributed by atoms with E-state index < -0.39 is 5.97 Å². The van der Waals surface area contributed by atoms with Gasteiger partial charge in [-0.25, -0.2) is 9.48 Å². The van der Waals surface area contributed by atoms with Gasteiger partial charge in [-0.1, -0.05) is 13.3 Å². The van der Waals surface area contributed by atoms with Crippen molar-refractivity contribution in [1.82, 2.24) is 9.78 Å². The van der Waals surface area contributed by atoms with Gasteiger partial charge in [0.25, 0.3) is 0 Å². The van der Waals surface area contributed by atoms with Crippen molar-refractivity contribution < 1.29 is 14.3 Å². The minimum atomic E-state index is -0.487. The van der Waals surface area contributed by atoms with Crippen LogP contribution >= 0.6 is 0 Å². The Labute approximate surface area is 101 Å². The van der Waals surface area contributed by atoms with E-state index in [4.69, 9.17) is 10.5 Å². The highest BCUT2D eigenvalue weighted by Gasteiger charge is 2.21. The first-order valence-corrected chi connectivity index (χ1v) is 5.58. The molecule has 2 N–H and O–H groups in total. The lowest BCUT2D eigenvalue weighted by Crippen LogP contribution is -2.07. The van der Waals surface area contributed by atoms with E-state index >= 15 is 0 Å². The zero-order chi connectivity index (χ0) is 12.8. The van der Waals surface area contributed by atoms with Gasteiger partial charge in [-0.2, -0.15) is 5.10 Å². The molecule has 0 aliphatic carbocycles. The molecular formula is C11H19N3O3. The first-order chi connectivity index (χ1) is 8.15. The Bertz CT molecular complexity index is 388. The van der Waals surface area contributed by atoms with Gasteiger partial charge in [0.2, 0.25) is 0 Å². The van der Waals surface area contributed by atoms with E-state index in [1.54, 1.807) is 11.8 Å². The smallest absolute Gasteiger partial charge is 0.359 e. The van der Waals surface area contributed by atoms with E-state index in [2.05, 4.69) is 16.8 Å². The summed E-state index contributed by atoms with van der Waals surface area (Å²) >= 11 is 0. The second-order valence-corrected chi connectivity index (χ2v) is 3.71. The third-order valence-electron chi connectivity index (χ3n) is 2.48. The number of hydrogen-bond acceptors (Lipinski definition) is 5. The number of carbonyl (C=O) groups is 1. The highest BCUT2D eigenvalue weighted by Crippen LogP contribution is 2.19. The number of anilines is 1. The van der Waals surface area contributed by atoms with Crippen molar-refractivity contribution in [2.75, 3.05) is 20.0 Å². The number of carbonyl (C=O) groups excluding carboxylic acids is 1. The maximum atomic E-state index is 11.5. The number of aromatic nitrogens is 2. The molecule has 0 saturated heterocycles. The molecule has 1 rings (SSSR count). The molecule has 0 aliphatic rings. The number of rotatable bonds is 6. The Morgan fingerprint density at radius 3 is 2.71 bits per heavy atom. The summed E-state index contributed by atoms with van der Waals surface area (Å²) in [6.45, 7) is 3.02. The van der Waals surface area contributed by atoms with Crippen LogP contribution in [0.5, 0.6) is 0 Å². The van der Waals surface area contributed by atoms with Crippen LogP contribution in [0.25, 0.3) is 0 Å². The molecule has 0 radical (unpaired) electrons. The monoisotopic (exact) mass is 241 g/mol. The van der Waals surface area contributed by atoms with E-state index in [0.717, 1.165) is 12.8 Å². The number of methoxy groups -OCH3 is 2. The maximum absolute atomic E-state index is 11.5. The van der Waals surface area contributed by atoms with Gasteiger partial charge in [0.15, 0.2) is 5.69 Å². The third kappa shape index (κ3) is 2.97. The zero-order valence-electron chi connectivity index (χ0n) is 10.5.